The number of rotatable bonds is 3. The molecule has 1 aliphatic rings. The molecular formula is C13H16ClN3OS. The van der Waals surface area contributed by atoms with Gasteiger partial charge in [0.15, 0.2) is 0 Å². The first kappa shape index (κ1) is 13.1. The first-order valence-electron chi connectivity index (χ1n) is 6.26. The minimum Gasteiger partial charge on any atom is -0.371 e. The number of thiophene rings is 1. The van der Waals surface area contributed by atoms with Crippen molar-refractivity contribution in [1.82, 2.24) is 14.7 Å². The molecule has 102 valence electrons. The highest BCUT2D eigenvalue weighted by atomic mass is 35.5. The van der Waals surface area contributed by atoms with Crippen LogP contribution in [0, 0.1) is 0 Å². The molecule has 19 heavy (non-hydrogen) atoms. The average molecular weight is 298 g/mol. The highest BCUT2D eigenvalue weighted by Crippen LogP contribution is 2.26. The van der Waals surface area contributed by atoms with Gasteiger partial charge in [0.2, 0.25) is 0 Å². The second kappa shape index (κ2) is 5.63. The number of hydrogen-bond acceptors (Lipinski definition) is 4. The summed E-state index contributed by atoms with van der Waals surface area (Å²) in [5.74, 6) is 0. The second-order valence-corrected chi connectivity index (χ2v) is 5.90. The highest BCUT2D eigenvalue weighted by Gasteiger charge is 2.23. The van der Waals surface area contributed by atoms with Crippen molar-refractivity contribution in [3.05, 3.63) is 39.3 Å². The maximum atomic E-state index is 6.16. The highest BCUT2D eigenvalue weighted by molar-refractivity contribution is 7.07. The van der Waals surface area contributed by atoms with E-state index < -0.39 is 0 Å². The Morgan fingerprint density at radius 1 is 1.58 bits per heavy atom. The summed E-state index contributed by atoms with van der Waals surface area (Å²) in [6.45, 7) is 3.41. The summed E-state index contributed by atoms with van der Waals surface area (Å²) in [6, 6.07) is 2.13. The van der Waals surface area contributed by atoms with Crippen LogP contribution in [-0.2, 0) is 18.3 Å². The zero-order chi connectivity index (χ0) is 13.2. The molecule has 4 nitrogen and oxygen atoms in total. The number of aromatic nitrogens is 2. The van der Waals surface area contributed by atoms with Gasteiger partial charge in [0.25, 0.3) is 0 Å². The molecule has 0 saturated carbocycles. The number of halogens is 1. The average Bonchev–Trinajstić information content (AvgIpc) is 3.05. The second-order valence-electron chi connectivity index (χ2n) is 4.71. The van der Waals surface area contributed by atoms with Crippen molar-refractivity contribution in [2.24, 2.45) is 7.05 Å². The van der Waals surface area contributed by atoms with Crippen molar-refractivity contribution < 1.29 is 4.74 Å². The molecule has 0 N–H and O–H groups in total. The molecule has 1 fully saturated rings. The fourth-order valence-corrected chi connectivity index (χ4v) is 3.26. The van der Waals surface area contributed by atoms with E-state index in [9.17, 15) is 0 Å². The third kappa shape index (κ3) is 2.84. The molecule has 2 aromatic rings. The molecule has 0 aliphatic carbocycles. The smallest absolute Gasteiger partial charge is 0.0960 e. The van der Waals surface area contributed by atoms with Gasteiger partial charge < -0.3 is 4.74 Å². The standard InChI is InChI=1S/C13H16ClN3OS/c1-16-12(11(14)6-15-16)7-17-3-4-18-13(8-17)10-2-5-19-9-10/h2,5-6,9,13H,3-4,7-8H2,1H3/t13-/m1/s1. The largest absolute Gasteiger partial charge is 0.371 e. The van der Waals surface area contributed by atoms with Crippen LogP contribution in [0.3, 0.4) is 0 Å². The zero-order valence-corrected chi connectivity index (χ0v) is 12.3. The van der Waals surface area contributed by atoms with Gasteiger partial charge in [-0.3, -0.25) is 9.58 Å². The van der Waals surface area contributed by atoms with Gasteiger partial charge in [-0.1, -0.05) is 11.6 Å². The van der Waals surface area contributed by atoms with Crippen LogP contribution >= 0.6 is 22.9 Å². The van der Waals surface area contributed by atoms with E-state index in [1.807, 2.05) is 11.7 Å². The Balaban J connectivity index is 1.69. The van der Waals surface area contributed by atoms with E-state index in [-0.39, 0.29) is 6.10 Å². The van der Waals surface area contributed by atoms with Gasteiger partial charge in [0.1, 0.15) is 0 Å². The van der Waals surface area contributed by atoms with E-state index in [0.29, 0.717) is 0 Å². The molecule has 6 heteroatoms. The van der Waals surface area contributed by atoms with Crippen molar-refractivity contribution in [3.8, 4) is 0 Å². The Morgan fingerprint density at radius 3 is 3.16 bits per heavy atom. The summed E-state index contributed by atoms with van der Waals surface area (Å²) in [5, 5.41) is 9.17. The number of nitrogens with zero attached hydrogens (tertiary/aromatic N) is 3. The summed E-state index contributed by atoms with van der Waals surface area (Å²) in [6.07, 6.45) is 1.88. The maximum Gasteiger partial charge on any atom is 0.0960 e. The summed E-state index contributed by atoms with van der Waals surface area (Å²) < 4.78 is 7.69. The molecule has 0 aromatic carbocycles. The molecule has 3 heterocycles. The molecule has 0 radical (unpaired) electrons. The Kier molecular flexibility index (Phi) is 3.88. The van der Waals surface area contributed by atoms with Crippen LogP contribution in [0.4, 0.5) is 0 Å². The lowest BCUT2D eigenvalue weighted by Gasteiger charge is -2.32. The van der Waals surface area contributed by atoms with Gasteiger partial charge in [-0.25, -0.2) is 0 Å². The molecule has 0 unspecified atom stereocenters. The number of aryl methyl sites for hydroxylation is 1. The molecule has 0 spiro atoms. The molecular weight excluding hydrogens is 282 g/mol. The Bertz CT molecular complexity index is 521. The fraction of sp³-hybridized carbons (Fsp3) is 0.462. The fourth-order valence-electron chi connectivity index (χ4n) is 2.33. The van der Waals surface area contributed by atoms with Crippen molar-refractivity contribution >= 4 is 22.9 Å². The van der Waals surface area contributed by atoms with Crippen molar-refractivity contribution in [2.75, 3.05) is 19.7 Å². The molecule has 3 rings (SSSR count). The SMILES string of the molecule is Cn1ncc(Cl)c1CN1CCO[C@@H](c2ccsc2)C1. The van der Waals surface area contributed by atoms with Gasteiger partial charge in [0, 0.05) is 26.7 Å². The van der Waals surface area contributed by atoms with Crippen molar-refractivity contribution in [2.45, 2.75) is 12.6 Å². The van der Waals surface area contributed by atoms with Crippen molar-refractivity contribution in [3.63, 3.8) is 0 Å². The normalized spacial score (nSPS) is 20.8. The van der Waals surface area contributed by atoms with Crippen LogP contribution in [-0.4, -0.2) is 34.4 Å². The first-order valence-corrected chi connectivity index (χ1v) is 7.58. The summed E-state index contributed by atoms with van der Waals surface area (Å²) in [7, 11) is 1.93. The predicted octanol–water partition coefficient (Wildman–Crippen LogP) is 2.71. The van der Waals surface area contributed by atoms with E-state index in [2.05, 4.69) is 26.8 Å². The molecule has 0 amide bonds. The summed E-state index contributed by atoms with van der Waals surface area (Å²) in [4.78, 5) is 2.37. The minimum atomic E-state index is 0.173. The van der Waals surface area contributed by atoms with Crippen LogP contribution in [0.25, 0.3) is 0 Å². The van der Waals surface area contributed by atoms with E-state index >= 15 is 0 Å². The molecule has 2 aromatic heterocycles. The molecule has 0 bridgehead atoms. The first-order chi connectivity index (χ1) is 9.24. The molecule has 1 saturated heterocycles. The van der Waals surface area contributed by atoms with E-state index in [0.717, 1.165) is 37.0 Å². The maximum absolute atomic E-state index is 6.16. The van der Waals surface area contributed by atoms with Crippen LogP contribution in [0.15, 0.2) is 23.0 Å². The molecule has 1 aliphatic heterocycles. The quantitative estimate of drug-likeness (QED) is 0.872. The van der Waals surface area contributed by atoms with Gasteiger partial charge in [-0.05, 0) is 22.4 Å². The van der Waals surface area contributed by atoms with Gasteiger partial charge in [0.05, 0.1) is 29.6 Å². The summed E-state index contributed by atoms with van der Waals surface area (Å²) in [5.41, 5.74) is 2.33. The lowest BCUT2D eigenvalue weighted by Crippen LogP contribution is -2.38. The van der Waals surface area contributed by atoms with E-state index in [1.165, 1.54) is 5.56 Å². The number of morpholine rings is 1. The predicted molar refractivity (Wildman–Crippen MR) is 76.5 cm³/mol. The van der Waals surface area contributed by atoms with Gasteiger partial charge in [-0.15, -0.1) is 0 Å². The van der Waals surface area contributed by atoms with Crippen LogP contribution in [0.5, 0.6) is 0 Å². The summed E-state index contributed by atoms with van der Waals surface area (Å²) >= 11 is 7.87. The van der Waals surface area contributed by atoms with E-state index in [4.69, 9.17) is 16.3 Å². The third-order valence-electron chi connectivity index (χ3n) is 3.45. The molecule has 1 atom stereocenters. The van der Waals surface area contributed by atoms with Crippen molar-refractivity contribution in [1.29, 1.82) is 0 Å². The minimum absolute atomic E-state index is 0.173. The third-order valence-corrected chi connectivity index (χ3v) is 4.47. The Hall–Kier alpha value is -0.880. The van der Waals surface area contributed by atoms with Gasteiger partial charge >= 0.3 is 0 Å². The lowest BCUT2D eigenvalue weighted by atomic mass is 10.1. The van der Waals surface area contributed by atoms with Crippen LogP contribution in [0.1, 0.15) is 17.4 Å². The zero-order valence-electron chi connectivity index (χ0n) is 10.8. The Labute approximate surface area is 121 Å². The lowest BCUT2D eigenvalue weighted by molar-refractivity contribution is -0.0333. The van der Waals surface area contributed by atoms with Crippen LogP contribution < -0.4 is 0 Å². The number of ether oxygens (including phenoxy) is 1. The van der Waals surface area contributed by atoms with E-state index in [1.54, 1.807) is 17.5 Å². The van der Waals surface area contributed by atoms with Crippen LogP contribution in [0.2, 0.25) is 5.02 Å². The number of hydrogen-bond donors (Lipinski definition) is 0. The van der Waals surface area contributed by atoms with Gasteiger partial charge in [-0.2, -0.15) is 16.4 Å². The topological polar surface area (TPSA) is 30.3 Å². The Morgan fingerprint density at radius 2 is 2.47 bits per heavy atom. The monoisotopic (exact) mass is 297 g/mol.